The van der Waals surface area contributed by atoms with Crippen molar-refractivity contribution in [3.05, 3.63) is 51.8 Å². The molecule has 4 rings (SSSR count). The molecule has 0 bridgehead atoms. The molecule has 1 amide bonds. The molecule has 1 spiro atoms. The van der Waals surface area contributed by atoms with E-state index < -0.39 is 5.97 Å². The molecule has 1 saturated heterocycles. The van der Waals surface area contributed by atoms with Gasteiger partial charge in [0.05, 0.1) is 34.1 Å². The first-order valence-corrected chi connectivity index (χ1v) is 11.6. The van der Waals surface area contributed by atoms with Gasteiger partial charge in [-0.3, -0.25) is 9.48 Å². The number of carbonyl (C=O) groups is 2. The minimum absolute atomic E-state index is 0.0250. The van der Waals surface area contributed by atoms with E-state index >= 15 is 0 Å². The Morgan fingerprint density at radius 1 is 1.39 bits per heavy atom. The first kappa shape index (κ1) is 23.0. The summed E-state index contributed by atoms with van der Waals surface area (Å²) in [5.41, 5.74) is 3.75. The number of nitrogens with one attached hydrogen (secondary N) is 1. The normalized spacial score (nSPS) is 18.2. The van der Waals surface area contributed by atoms with Gasteiger partial charge < -0.3 is 15.2 Å². The van der Waals surface area contributed by atoms with Gasteiger partial charge in [-0.15, -0.1) is 0 Å². The van der Waals surface area contributed by atoms with E-state index in [0.29, 0.717) is 55.8 Å². The molecule has 1 aromatic heterocycles. The van der Waals surface area contributed by atoms with Gasteiger partial charge in [-0.25, -0.2) is 4.79 Å². The maximum Gasteiger partial charge on any atom is 0.335 e. The number of hydrogen-bond donors (Lipinski definition) is 2. The van der Waals surface area contributed by atoms with Gasteiger partial charge in [0.1, 0.15) is 0 Å². The number of benzene rings is 1. The predicted octanol–water partition coefficient (Wildman–Crippen LogP) is 2.98. The van der Waals surface area contributed by atoms with Crippen LogP contribution in [0.2, 0.25) is 0 Å². The maximum atomic E-state index is 13.0. The first-order chi connectivity index (χ1) is 15.9. The third kappa shape index (κ3) is 4.64. The van der Waals surface area contributed by atoms with Gasteiger partial charge in [-0.2, -0.15) is 10.4 Å². The van der Waals surface area contributed by atoms with E-state index in [1.54, 1.807) is 6.07 Å². The van der Waals surface area contributed by atoms with Crippen molar-refractivity contribution in [2.24, 2.45) is 11.3 Å². The summed E-state index contributed by atoms with van der Waals surface area (Å²) in [4.78, 5) is 24.7. The number of nitrogens with zero attached hydrogens (tertiary/aromatic N) is 3. The molecule has 2 aromatic rings. The number of carbonyl (C=O) groups excluding carboxylic acids is 1. The fourth-order valence-corrected chi connectivity index (χ4v) is 5.10. The highest BCUT2D eigenvalue weighted by Gasteiger charge is 2.39. The van der Waals surface area contributed by atoms with Gasteiger partial charge in [-0.1, -0.05) is 13.8 Å². The largest absolute Gasteiger partial charge is 0.478 e. The molecular formula is C25H30N4O4. The van der Waals surface area contributed by atoms with Crippen LogP contribution in [-0.4, -0.2) is 46.5 Å². The zero-order valence-corrected chi connectivity index (χ0v) is 19.2. The summed E-state index contributed by atoms with van der Waals surface area (Å²) >= 11 is 0. The molecule has 2 aliphatic heterocycles. The van der Waals surface area contributed by atoms with Crippen LogP contribution in [0.25, 0.3) is 0 Å². The summed E-state index contributed by atoms with van der Waals surface area (Å²) in [5, 5.41) is 26.7. The van der Waals surface area contributed by atoms with Crippen LogP contribution in [0, 0.1) is 22.7 Å². The summed E-state index contributed by atoms with van der Waals surface area (Å²) in [6.45, 7) is 6.66. The van der Waals surface area contributed by atoms with Crippen LogP contribution in [0.1, 0.15) is 69.9 Å². The number of hydrogen-bond acceptors (Lipinski definition) is 5. The number of carboxylic acids is 1. The molecule has 3 heterocycles. The third-order valence-corrected chi connectivity index (χ3v) is 6.93. The molecule has 174 valence electrons. The van der Waals surface area contributed by atoms with Crippen LogP contribution in [0.4, 0.5) is 0 Å². The lowest BCUT2D eigenvalue weighted by Crippen LogP contribution is -2.40. The highest BCUT2D eigenvalue weighted by atomic mass is 16.5. The van der Waals surface area contributed by atoms with Gasteiger partial charge in [0, 0.05) is 26.3 Å². The number of amides is 1. The van der Waals surface area contributed by atoms with Gasteiger partial charge in [0.25, 0.3) is 5.91 Å². The van der Waals surface area contributed by atoms with E-state index in [-0.39, 0.29) is 22.8 Å². The molecule has 0 aliphatic carbocycles. The first-order valence-electron chi connectivity index (χ1n) is 11.6. The molecule has 0 unspecified atom stereocenters. The van der Waals surface area contributed by atoms with Gasteiger partial charge >= 0.3 is 5.97 Å². The van der Waals surface area contributed by atoms with Crippen molar-refractivity contribution >= 4 is 11.9 Å². The fourth-order valence-electron chi connectivity index (χ4n) is 5.10. The van der Waals surface area contributed by atoms with Gasteiger partial charge in [0.2, 0.25) is 0 Å². The molecule has 0 saturated carbocycles. The van der Waals surface area contributed by atoms with Crippen LogP contribution in [0.3, 0.4) is 0 Å². The van der Waals surface area contributed by atoms with Crippen molar-refractivity contribution in [2.45, 2.75) is 52.5 Å². The highest BCUT2D eigenvalue weighted by Crippen LogP contribution is 2.37. The molecule has 2 N–H and O–H groups in total. The van der Waals surface area contributed by atoms with Gasteiger partial charge in [-0.05, 0) is 67.2 Å². The third-order valence-electron chi connectivity index (χ3n) is 6.93. The lowest BCUT2D eigenvalue weighted by molar-refractivity contribution is 0.0152. The SMILES string of the molecule is CCc1nn(C[C@H](C)Cc2cc(C#N)ccc2C(=O)O)c2c1C(=O)NCC1(CCOCC1)C2. The molecule has 1 fully saturated rings. The smallest absolute Gasteiger partial charge is 0.335 e. The average Bonchev–Trinajstić information content (AvgIpc) is 3.07. The number of carboxylic acid groups (broad SMARTS) is 1. The zero-order chi connectivity index (χ0) is 23.6. The second-order valence-corrected chi connectivity index (χ2v) is 9.37. The Hall–Kier alpha value is -3.18. The Balaban J connectivity index is 1.64. The molecule has 0 radical (unpaired) electrons. The quantitative estimate of drug-likeness (QED) is 0.699. The van der Waals surface area contributed by atoms with Crippen molar-refractivity contribution < 1.29 is 19.4 Å². The lowest BCUT2D eigenvalue weighted by Gasteiger charge is -2.36. The number of aryl methyl sites for hydroxylation is 1. The van der Waals surface area contributed by atoms with E-state index in [1.165, 1.54) is 12.1 Å². The Morgan fingerprint density at radius 2 is 2.15 bits per heavy atom. The molecule has 8 heteroatoms. The zero-order valence-electron chi connectivity index (χ0n) is 19.2. The van der Waals surface area contributed by atoms with Gasteiger partial charge in [0.15, 0.2) is 0 Å². The van der Waals surface area contributed by atoms with Crippen molar-refractivity contribution in [3.8, 4) is 6.07 Å². The van der Waals surface area contributed by atoms with E-state index in [0.717, 1.165) is 30.7 Å². The molecule has 1 atom stereocenters. The average molecular weight is 451 g/mol. The van der Waals surface area contributed by atoms with E-state index in [4.69, 9.17) is 9.84 Å². The van der Waals surface area contributed by atoms with Crippen LogP contribution < -0.4 is 5.32 Å². The maximum absolute atomic E-state index is 13.0. The Bertz CT molecular complexity index is 1110. The number of nitriles is 1. The number of aromatic carboxylic acids is 1. The van der Waals surface area contributed by atoms with Crippen LogP contribution in [0.15, 0.2) is 18.2 Å². The Labute approximate surface area is 193 Å². The fraction of sp³-hybridized carbons (Fsp3) is 0.520. The Kier molecular flexibility index (Phi) is 6.52. The second-order valence-electron chi connectivity index (χ2n) is 9.37. The van der Waals surface area contributed by atoms with Crippen LogP contribution >= 0.6 is 0 Å². The van der Waals surface area contributed by atoms with Crippen molar-refractivity contribution in [1.29, 1.82) is 5.26 Å². The van der Waals surface area contributed by atoms with Crippen molar-refractivity contribution in [3.63, 3.8) is 0 Å². The topological polar surface area (TPSA) is 117 Å². The number of fused-ring (bicyclic) bond motifs is 1. The van der Waals surface area contributed by atoms with Crippen molar-refractivity contribution in [2.75, 3.05) is 19.8 Å². The second kappa shape index (κ2) is 9.36. The standard InChI is InChI=1S/C25H30N4O4/c1-3-20-22-21(12-25(15-27-23(22)30)6-8-33-9-7-25)29(28-20)14-16(2)10-18-11-17(13-26)4-5-19(18)24(31)32/h4-5,11,16H,3,6-10,12,14-15H2,1-2H3,(H,27,30)(H,31,32)/t16-/m1/s1. The van der Waals surface area contributed by atoms with E-state index in [1.807, 2.05) is 18.5 Å². The summed E-state index contributed by atoms with van der Waals surface area (Å²) in [5.74, 6) is -0.997. The lowest BCUT2D eigenvalue weighted by atomic mass is 9.76. The highest BCUT2D eigenvalue weighted by molar-refractivity contribution is 5.97. The monoisotopic (exact) mass is 450 g/mol. The molecule has 33 heavy (non-hydrogen) atoms. The molecular weight excluding hydrogens is 420 g/mol. The number of rotatable bonds is 6. The van der Waals surface area contributed by atoms with E-state index in [9.17, 15) is 20.0 Å². The van der Waals surface area contributed by atoms with Crippen LogP contribution in [0.5, 0.6) is 0 Å². The summed E-state index contributed by atoms with van der Waals surface area (Å²) < 4.78 is 7.55. The van der Waals surface area contributed by atoms with E-state index in [2.05, 4.69) is 11.4 Å². The number of aromatic nitrogens is 2. The minimum atomic E-state index is -0.999. The Morgan fingerprint density at radius 3 is 2.82 bits per heavy atom. The summed E-state index contributed by atoms with van der Waals surface area (Å²) in [6, 6.07) is 6.78. The number of ether oxygens (including phenoxy) is 1. The summed E-state index contributed by atoms with van der Waals surface area (Å²) in [6.07, 6.45) is 3.74. The molecule has 8 nitrogen and oxygen atoms in total. The van der Waals surface area contributed by atoms with Crippen LogP contribution in [-0.2, 0) is 30.5 Å². The molecule has 2 aliphatic rings. The minimum Gasteiger partial charge on any atom is -0.478 e. The predicted molar refractivity (Wildman–Crippen MR) is 121 cm³/mol. The molecule has 1 aromatic carbocycles. The summed E-state index contributed by atoms with van der Waals surface area (Å²) in [7, 11) is 0. The van der Waals surface area contributed by atoms with Crippen molar-refractivity contribution in [1.82, 2.24) is 15.1 Å².